The van der Waals surface area contributed by atoms with Gasteiger partial charge in [-0.2, -0.15) is 0 Å². The molecule has 0 spiro atoms. The fraction of sp³-hybridized carbons (Fsp3) is 0.462. The summed E-state index contributed by atoms with van der Waals surface area (Å²) in [7, 11) is 3.53. The Morgan fingerprint density at radius 1 is 1.41 bits per heavy atom. The number of carbonyl (C=O) groups is 1. The van der Waals surface area contributed by atoms with Gasteiger partial charge in [-0.3, -0.25) is 0 Å². The van der Waals surface area contributed by atoms with Gasteiger partial charge in [0, 0.05) is 32.9 Å². The van der Waals surface area contributed by atoms with Crippen LogP contribution < -0.4 is 10.2 Å². The minimum atomic E-state index is -0.00934. The molecule has 0 bridgehead atoms. The molecule has 0 aliphatic carbocycles. The second-order valence-corrected chi connectivity index (χ2v) is 4.39. The summed E-state index contributed by atoms with van der Waals surface area (Å²) in [6, 6.07) is 10.6. The summed E-state index contributed by atoms with van der Waals surface area (Å²) in [5.74, 6) is 0. The van der Waals surface area contributed by atoms with Crippen molar-refractivity contribution < 1.29 is 4.79 Å². The molecule has 1 fully saturated rings. The summed E-state index contributed by atoms with van der Waals surface area (Å²) in [4.78, 5) is 15.7. The number of hydrogen-bond acceptors (Lipinski definition) is 2. The van der Waals surface area contributed by atoms with E-state index < -0.39 is 0 Å². The lowest BCUT2D eigenvalue weighted by Crippen LogP contribution is -2.43. The summed E-state index contributed by atoms with van der Waals surface area (Å²) in [5.41, 5.74) is 1.24. The minimum absolute atomic E-state index is 0.00934. The molecule has 1 aromatic rings. The van der Waals surface area contributed by atoms with Crippen LogP contribution in [0.1, 0.15) is 6.42 Å². The van der Waals surface area contributed by atoms with Gasteiger partial charge in [0.25, 0.3) is 0 Å². The molecule has 1 atom stereocenters. The lowest BCUT2D eigenvalue weighted by atomic mass is 10.2. The van der Waals surface area contributed by atoms with Gasteiger partial charge in [-0.25, -0.2) is 4.79 Å². The molecular formula is C13H19N3O. The highest BCUT2D eigenvalue weighted by atomic mass is 16.2. The number of nitrogens with zero attached hydrogens (tertiary/aromatic N) is 2. The zero-order valence-electron chi connectivity index (χ0n) is 10.4. The average Bonchev–Trinajstić information content (AvgIpc) is 2.87. The van der Waals surface area contributed by atoms with E-state index in [1.165, 1.54) is 5.69 Å². The molecule has 92 valence electrons. The number of carbonyl (C=O) groups excluding carboxylic acids is 1. The van der Waals surface area contributed by atoms with E-state index in [4.69, 9.17) is 0 Å². The standard InChI is InChI=1S/C13H19N3O/c1-14-13(17)15(2)12-8-9-16(10-12)11-6-4-3-5-7-11/h3-7,12H,8-10H2,1-2H3,(H,14,17)/t12-/m1/s1. The van der Waals surface area contributed by atoms with E-state index in [0.717, 1.165) is 19.5 Å². The van der Waals surface area contributed by atoms with Crippen molar-refractivity contribution in [3.63, 3.8) is 0 Å². The Bertz CT molecular complexity index is 380. The molecular weight excluding hydrogens is 214 g/mol. The van der Waals surface area contributed by atoms with E-state index in [1.54, 1.807) is 11.9 Å². The van der Waals surface area contributed by atoms with Gasteiger partial charge in [0.05, 0.1) is 6.04 Å². The number of amides is 2. The molecule has 4 heteroatoms. The molecule has 2 rings (SSSR count). The van der Waals surface area contributed by atoms with Crippen LogP contribution in [0.25, 0.3) is 0 Å². The Morgan fingerprint density at radius 2 is 2.12 bits per heavy atom. The number of hydrogen-bond donors (Lipinski definition) is 1. The SMILES string of the molecule is CNC(=O)N(C)[C@@H]1CCN(c2ccccc2)C1. The van der Waals surface area contributed by atoms with Crippen LogP contribution in [0.5, 0.6) is 0 Å². The highest BCUT2D eigenvalue weighted by molar-refractivity contribution is 5.74. The summed E-state index contributed by atoms with van der Waals surface area (Å²) in [6.07, 6.45) is 1.03. The van der Waals surface area contributed by atoms with E-state index >= 15 is 0 Å². The predicted octanol–water partition coefficient (Wildman–Crippen LogP) is 1.54. The first-order chi connectivity index (χ1) is 8.22. The zero-order chi connectivity index (χ0) is 12.3. The van der Waals surface area contributed by atoms with Gasteiger partial charge in [-0.15, -0.1) is 0 Å². The Morgan fingerprint density at radius 3 is 2.76 bits per heavy atom. The highest BCUT2D eigenvalue weighted by Crippen LogP contribution is 2.21. The number of benzene rings is 1. The van der Waals surface area contributed by atoms with E-state index in [9.17, 15) is 4.79 Å². The lowest BCUT2D eigenvalue weighted by Gasteiger charge is -2.25. The number of likely N-dealkylation sites (N-methyl/N-ethyl adjacent to an activating group) is 1. The normalized spacial score (nSPS) is 19.2. The maximum Gasteiger partial charge on any atom is 0.317 e. The Balaban J connectivity index is 1.98. The van der Waals surface area contributed by atoms with Crippen LogP contribution in [0.3, 0.4) is 0 Å². The first-order valence-electron chi connectivity index (χ1n) is 5.97. The van der Waals surface area contributed by atoms with E-state index in [1.807, 2.05) is 25.2 Å². The minimum Gasteiger partial charge on any atom is -0.369 e. The average molecular weight is 233 g/mol. The molecule has 1 aliphatic rings. The van der Waals surface area contributed by atoms with Gasteiger partial charge in [-0.05, 0) is 18.6 Å². The van der Waals surface area contributed by atoms with Crippen LogP contribution in [0.2, 0.25) is 0 Å². The summed E-state index contributed by atoms with van der Waals surface area (Å²) >= 11 is 0. The third-order valence-corrected chi connectivity index (χ3v) is 3.37. The van der Waals surface area contributed by atoms with Crippen LogP contribution in [0.4, 0.5) is 10.5 Å². The second-order valence-electron chi connectivity index (χ2n) is 4.39. The molecule has 0 unspecified atom stereocenters. The van der Waals surface area contributed by atoms with Crippen molar-refractivity contribution in [2.24, 2.45) is 0 Å². The van der Waals surface area contributed by atoms with Crippen molar-refractivity contribution in [1.82, 2.24) is 10.2 Å². The van der Waals surface area contributed by atoms with Crippen LogP contribution in [-0.4, -0.2) is 44.2 Å². The van der Waals surface area contributed by atoms with E-state index in [2.05, 4.69) is 22.3 Å². The van der Waals surface area contributed by atoms with Crippen molar-refractivity contribution in [3.05, 3.63) is 30.3 Å². The molecule has 1 saturated heterocycles. The molecule has 1 aliphatic heterocycles. The van der Waals surface area contributed by atoms with Crippen LogP contribution in [-0.2, 0) is 0 Å². The Kier molecular flexibility index (Phi) is 3.52. The van der Waals surface area contributed by atoms with Crippen LogP contribution in [0.15, 0.2) is 30.3 Å². The molecule has 0 saturated carbocycles. The van der Waals surface area contributed by atoms with Crippen LogP contribution in [0, 0.1) is 0 Å². The summed E-state index contributed by atoms with van der Waals surface area (Å²) in [5, 5.41) is 2.66. The van der Waals surface area contributed by atoms with Crippen molar-refractivity contribution >= 4 is 11.7 Å². The molecule has 1 heterocycles. The number of nitrogens with one attached hydrogen (secondary N) is 1. The van der Waals surface area contributed by atoms with E-state index in [-0.39, 0.29) is 6.03 Å². The highest BCUT2D eigenvalue weighted by Gasteiger charge is 2.27. The summed E-state index contributed by atoms with van der Waals surface area (Å²) in [6.45, 7) is 1.92. The number of urea groups is 1. The zero-order valence-corrected chi connectivity index (χ0v) is 10.4. The van der Waals surface area contributed by atoms with Crippen molar-refractivity contribution in [1.29, 1.82) is 0 Å². The Hall–Kier alpha value is -1.71. The van der Waals surface area contributed by atoms with Crippen molar-refractivity contribution in [2.75, 3.05) is 32.1 Å². The van der Waals surface area contributed by atoms with Crippen molar-refractivity contribution in [3.8, 4) is 0 Å². The largest absolute Gasteiger partial charge is 0.369 e. The van der Waals surface area contributed by atoms with Gasteiger partial charge in [0.2, 0.25) is 0 Å². The second kappa shape index (κ2) is 5.08. The van der Waals surface area contributed by atoms with Crippen molar-refractivity contribution in [2.45, 2.75) is 12.5 Å². The fourth-order valence-electron chi connectivity index (χ4n) is 2.27. The first kappa shape index (κ1) is 11.8. The van der Waals surface area contributed by atoms with Crippen LogP contribution >= 0.6 is 0 Å². The van der Waals surface area contributed by atoms with Gasteiger partial charge in [-0.1, -0.05) is 18.2 Å². The number of anilines is 1. The van der Waals surface area contributed by atoms with Gasteiger partial charge >= 0.3 is 6.03 Å². The van der Waals surface area contributed by atoms with E-state index in [0.29, 0.717) is 6.04 Å². The number of para-hydroxylation sites is 1. The monoisotopic (exact) mass is 233 g/mol. The maximum atomic E-state index is 11.5. The quantitative estimate of drug-likeness (QED) is 0.841. The maximum absolute atomic E-state index is 11.5. The molecule has 4 nitrogen and oxygen atoms in total. The summed E-state index contributed by atoms with van der Waals surface area (Å²) < 4.78 is 0. The number of rotatable bonds is 2. The van der Waals surface area contributed by atoms with Gasteiger partial charge < -0.3 is 15.1 Å². The molecule has 0 radical (unpaired) electrons. The molecule has 1 aromatic carbocycles. The van der Waals surface area contributed by atoms with Gasteiger partial charge in [0.15, 0.2) is 0 Å². The van der Waals surface area contributed by atoms with Gasteiger partial charge in [0.1, 0.15) is 0 Å². The molecule has 2 amide bonds. The molecule has 0 aromatic heterocycles. The Labute approximate surface area is 102 Å². The first-order valence-corrected chi connectivity index (χ1v) is 5.97. The molecule has 1 N–H and O–H groups in total. The topological polar surface area (TPSA) is 35.6 Å². The third kappa shape index (κ3) is 2.52. The fourth-order valence-corrected chi connectivity index (χ4v) is 2.27. The predicted molar refractivity (Wildman–Crippen MR) is 69.3 cm³/mol. The third-order valence-electron chi connectivity index (χ3n) is 3.37. The lowest BCUT2D eigenvalue weighted by molar-refractivity contribution is 0.196. The smallest absolute Gasteiger partial charge is 0.317 e. The molecule has 17 heavy (non-hydrogen) atoms.